The molecule has 2 heterocycles. The van der Waals surface area contributed by atoms with Gasteiger partial charge in [-0.3, -0.25) is 4.79 Å². The Labute approximate surface area is 159 Å². The van der Waals surface area contributed by atoms with Crippen molar-refractivity contribution in [2.45, 2.75) is 26.3 Å². The molecule has 1 aromatic heterocycles. The molecule has 1 amide bonds. The summed E-state index contributed by atoms with van der Waals surface area (Å²) in [6.07, 6.45) is 5.40. The van der Waals surface area contributed by atoms with E-state index in [0.29, 0.717) is 12.2 Å². The van der Waals surface area contributed by atoms with Gasteiger partial charge in [0.05, 0.1) is 12.4 Å². The maximum absolute atomic E-state index is 12.3. The van der Waals surface area contributed by atoms with Crippen LogP contribution in [0.1, 0.15) is 33.6 Å². The zero-order valence-corrected chi connectivity index (χ0v) is 15.4. The lowest BCUT2D eigenvalue weighted by molar-refractivity contribution is 0.0945. The van der Waals surface area contributed by atoms with E-state index in [2.05, 4.69) is 38.4 Å². The Kier molecular flexibility index (Phi) is 4.83. The number of fused-ring (bicyclic) bond motifs is 1. The summed E-state index contributed by atoms with van der Waals surface area (Å²) in [7, 11) is 0. The molecule has 0 atom stereocenters. The van der Waals surface area contributed by atoms with Crippen molar-refractivity contribution in [3.8, 4) is 0 Å². The van der Waals surface area contributed by atoms with Crippen LogP contribution in [0.2, 0.25) is 0 Å². The minimum atomic E-state index is -0.214. The van der Waals surface area contributed by atoms with Crippen molar-refractivity contribution in [3.05, 3.63) is 83.3 Å². The summed E-state index contributed by atoms with van der Waals surface area (Å²) in [4.78, 5) is 23.3. The Bertz CT molecular complexity index is 935. The summed E-state index contributed by atoms with van der Waals surface area (Å²) in [6, 6.07) is 16.5. The van der Waals surface area contributed by atoms with Crippen molar-refractivity contribution >= 4 is 17.4 Å². The third-order valence-corrected chi connectivity index (χ3v) is 4.83. The first-order chi connectivity index (χ1) is 13.2. The highest BCUT2D eigenvalue weighted by Gasteiger charge is 2.19. The SMILES string of the molecule is Cc1ccc(CNC(=O)c2cnc(N3CCCc4ccccc43)cn2)cc1. The van der Waals surface area contributed by atoms with E-state index < -0.39 is 0 Å². The van der Waals surface area contributed by atoms with Crippen LogP contribution in [0, 0.1) is 6.92 Å². The number of aromatic nitrogens is 2. The Morgan fingerprint density at radius 2 is 1.89 bits per heavy atom. The molecule has 3 aromatic rings. The van der Waals surface area contributed by atoms with Crippen LogP contribution >= 0.6 is 0 Å². The second kappa shape index (κ2) is 7.58. The van der Waals surface area contributed by atoms with E-state index in [0.717, 1.165) is 30.8 Å². The number of para-hydroxylation sites is 1. The number of anilines is 2. The number of amides is 1. The monoisotopic (exact) mass is 358 g/mol. The molecule has 0 saturated heterocycles. The molecule has 4 rings (SSSR count). The highest BCUT2D eigenvalue weighted by atomic mass is 16.1. The van der Waals surface area contributed by atoms with E-state index in [4.69, 9.17) is 0 Å². The fourth-order valence-electron chi connectivity index (χ4n) is 3.33. The summed E-state index contributed by atoms with van der Waals surface area (Å²) in [5, 5.41) is 2.89. The van der Waals surface area contributed by atoms with Crippen LogP contribution < -0.4 is 10.2 Å². The summed E-state index contributed by atoms with van der Waals surface area (Å²) in [6.45, 7) is 3.42. The van der Waals surface area contributed by atoms with Crippen LogP contribution in [0.15, 0.2) is 60.9 Å². The predicted molar refractivity (Wildman–Crippen MR) is 106 cm³/mol. The number of nitrogens with one attached hydrogen (secondary N) is 1. The van der Waals surface area contributed by atoms with Gasteiger partial charge in [-0.2, -0.15) is 0 Å². The van der Waals surface area contributed by atoms with Gasteiger partial charge in [-0.15, -0.1) is 0 Å². The molecule has 27 heavy (non-hydrogen) atoms. The molecule has 5 heteroatoms. The first kappa shape index (κ1) is 17.2. The third kappa shape index (κ3) is 3.82. The van der Waals surface area contributed by atoms with Crippen molar-refractivity contribution in [2.75, 3.05) is 11.4 Å². The van der Waals surface area contributed by atoms with Crippen molar-refractivity contribution < 1.29 is 4.79 Å². The Morgan fingerprint density at radius 3 is 2.67 bits per heavy atom. The number of carbonyl (C=O) groups excluding carboxylic acids is 1. The molecule has 136 valence electrons. The molecular formula is C22H22N4O. The zero-order valence-electron chi connectivity index (χ0n) is 15.4. The molecule has 0 saturated carbocycles. The second-order valence-electron chi connectivity index (χ2n) is 6.81. The molecule has 0 bridgehead atoms. The predicted octanol–water partition coefficient (Wildman–Crippen LogP) is 3.80. The van der Waals surface area contributed by atoms with Gasteiger partial charge in [-0.05, 0) is 37.0 Å². The molecule has 1 N–H and O–H groups in total. The number of hydrogen-bond donors (Lipinski definition) is 1. The molecule has 0 unspecified atom stereocenters. The van der Waals surface area contributed by atoms with E-state index in [1.165, 1.54) is 16.8 Å². The number of carbonyl (C=O) groups is 1. The largest absolute Gasteiger partial charge is 0.347 e. The summed E-state index contributed by atoms with van der Waals surface area (Å²) in [5.74, 6) is 0.561. The van der Waals surface area contributed by atoms with Gasteiger partial charge in [-0.1, -0.05) is 48.0 Å². The minimum Gasteiger partial charge on any atom is -0.347 e. The second-order valence-corrected chi connectivity index (χ2v) is 6.81. The van der Waals surface area contributed by atoms with Crippen LogP contribution in [-0.2, 0) is 13.0 Å². The van der Waals surface area contributed by atoms with Crippen LogP contribution in [0.4, 0.5) is 11.5 Å². The number of rotatable bonds is 4. The Hall–Kier alpha value is -3.21. The number of hydrogen-bond acceptors (Lipinski definition) is 4. The normalized spacial score (nSPS) is 13.1. The molecule has 0 radical (unpaired) electrons. The van der Waals surface area contributed by atoms with Crippen LogP contribution in [-0.4, -0.2) is 22.4 Å². The van der Waals surface area contributed by atoms with Gasteiger partial charge in [0.15, 0.2) is 5.82 Å². The lowest BCUT2D eigenvalue weighted by Gasteiger charge is -2.30. The van der Waals surface area contributed by atoms with Gasteiger partial charge in [0, 0.05) is 18.8 Å². The third-order valence-electron chi connectivity index (χ3n) is 4.83. The maximum Gasteiger partial charge on any atom is 0.271 e. The molecule has 5 nitrogen and oxygen atoms in total. The van der Waals surface area contributed by atoms with E-state index in [9.17, 15) is 4.79 Å². The molecule has 0 aliphatic carbocycles. The fourth-order valence-corrected chi connectivity index (χ4v) is 3.33. The van der Waals surface area contributed by atoms with E-state index in [-0.39, 0.29) is 5.91 Å². The average Bonchev–Trinajstić information content (AvgIpc) is 2.73. The molecular weight excluding hydrogens is 336 g/mol. The number of aryl methyl sites for hydroxylation is 2. The van der Waals surface area contributed by atoms with Crippen LogP contribution in [0.25, 0.3) is 0 Å². The average molecular weight is 358 g/mol. The van der Waals surface area contributed by atoms with E-state index in [1.54, 1.807) is 12.4 Å². The number of nitrogens with zero attached hydrogens (tertiary/aromatic N) is 3. The zero-order chi connectivity index (χ0) is 18.6. The molecule has 0 spiro atoms. The first-order valence-electron chi connectivity index (χ1n) is 9.22. The van der Waals surface area contributed by atoms with E-state index in [1.807, 2.05) is 37.3 Å². The van der Waals surface area contributed by atoms with Crippen molar-refractivity contribution in [2.24, 2.45) is 0 Å². The van der Waals surface area contributed by atoms with Crippen LogP contribution in [0.3, 0.4) is 0 Å². The standard InChI is InChI=1S/C22H22N4O/c1-16-8-10-17(11-9-16)13-25-22(27)19-14-24-21(15-23-19)26-12-4-6-18-5-2-3-7-20(18)26/h2-3,5,7-11,14-15H,4,6,12-13H2,1H3,(H,25,27). The highest BCUT2D eigenvalue weighted by Crippen LogP contribution is 2.31. The van der Waals surface area contributed by atoms with Gasteiger partial charge < -0.3 is 10.2 Å². The Balaban J connectivity index is 1.44. The van der Waals surface area contributed by atoms with Gasteiger partial charge in [0.2, 0.25) is 0 Å². The maximum atomic E-state index is 12.3. The first-order valence-corrected chi connectivity index (χ1v) is 9.22. The molecule has 1 aliphatic rings. The lowest BCUT2D eigenvalue weighted by atomic mass is 10.0. The summed E-state index contributed by atoms with van der Waals surface area (Å²) < 4.78 is 0. The van der Waals surface area contributed by atoms with Gasteiger partial charge >= 0.3 is 0 Å². The fraction of sp³-hybridized carbons (Fsp3) is 0.227. The molecule has 1 aliphatic heterocycles. The molecule has 0 fully saturated rings. The quantitative estimate of drug-likeness (QED) is 0.771. The minimum absolute atomic E-state index is 0.214. The lowest BCUT2D eigenvalue weighted by Crippen LogP contribution is -2.27. The van der Waals surface area contributed by atoms with Crippen molar-refractivity contribution in [1.82, 2.24) is 15.3 Å². The molecule has 2 aromatic carbocycles. The summed E-state index contributed by atoms with van der Waals surface area (Å²) >= 11 is 0. The van der Waals surface area contributed by atoms with Crippen molar-refractivity contribution in [1.29, 1.82) is 0 Å². The Morgan fingerprint density at radius 1 is 1.07 bits per heavy atom. The van der Waals surface area contributed by atoms with Gasteiger partial charge in [-0.25, -0.2) is 9.97 Å². The topological polar surface area (TPSA) is 58.1 Å². The van der Waals surface area contributed by atoms with Crippen molar-refractivity contribution in [3.63, 3.8) is 0 Å². The summed E-state index contributed by atoms with van der Waals surface area (Å²) in [5.41, 5.74) is 5.09. The highest BCUT2D eigenvalue weighted by molar-refractivity contribution is 5.92. The van der Waals surface area contributed by atoms with Gasteiger partial charge in [0.25, 0.3) is 5.91 Å². The number of benzene rings is 2. The van der Waals surface area contributed by atoms with E-state index >= 15 is 0 Å². The van der Waals surface area contributed by atoms with Gasteiger partial charge in [0.1, 0.15) is 5.69 Å². The smallest absolute Gasteiger partial charge is 0.271 e. The van der Waals surface area contributed by atoms with Crippen LogP contribution in [0.5, 0.6) is 0 Å².